The van der Waals surface area contributed by atoms with E-state index in [1.807, 2.05) is 0 Å². The molecule has 1 saturated heterocycles. The number of aliphatic hydroxyl groups is 4. The van der Waals surface area contributed by atoms with Crippen LogP contribution in [0.5, 0.6) is 0 Å². The molecule has 9 heteroatoms. The van der Waals surface area contributed by atoms with E-state index in [0.29, 0.717) is 13.0 Å². The molecule has 1 fully saturated rings. The van der Waals surface area contributed by atoms with Crippen LogP contribution in [0.1, 0.15) is 251 Å². The fraction of sp³-hybridized carbons (Fsp3) is 0.845. The first-order chi connectivity index (χ1) is 32.9. The Morgan fingerprint density at radius 2 is 0.910 bits per heavy atom. The first-order valence-electron chi connectivity index (χ1n) is 28.2. The monoisotopic (exact) mass is 947 g/mol. The molecule has 1 aliphatic rings. The van der Waals surface area contributed by atoms with E-state index < -0.39 is 43.4 Å². The highest BCUT2D eigenvalue weighted by atomic mass is 16.7. The Labute approximate surface area is 412 Å². The van der Waals surface area contributed by atoms with Crippen molar-refractivity contribution in [2.75, 3.05) is 26.4 Å². The maximum absolute atomic E-state index is 12.9. The smallest absolute Gasteiger partial charge is 0.306 e. The highest BCUT2D eigenvalue weighted by molar-refractivity contribution is 5.69. The van der Waals surface area contributed by atoms with E-state index in [4.69, 9.17) is 18.9 Å². The van der Waals surface area contributed by atoms with E-state index in [0.717, 1.165) is 70.6 Å². The summed E-state index contributed by atoms with van der Waals surface area (Å²) in [4.78, 5) is 12.9. The molecule has 0 saturated carbocycles. The predicted octanol–water partition coefficient (Wildman–Crippen LogP) is 14.4. The van der Waals surface area contributed by atoms with Crippen molar-refractivity contribution in [3.05, 3.63) is 48.6 Å². The Morgan fingerprint density at radius 1 is 0.493 bits per heavy atom. The van der Waals surface area contributed by atoms with Crippen molar-refractivity contribution in [3.63, 3.8) is 0 Å². The van der Waals surface area contributed by atoms with E-state index >= 15 is 0 Å². The van der Waals surface area contributed by atoms with Crippen LogP contribution in [0.15, 0.2) is 48.6 Å². The minimum absolute atomic E-state index is 0.116. The van der Waals surface area contributed by atoms with Crippen molar-refractivity contribution < 1.29 is 44.2 Å². The third-order valence-electron chi connectivity index (χ3n) is 13.0. The zero-order valence-corrected chi connectivity index (χ0v) is 43.4. The molecule has 0 aromatic heterocycles. The van der Waals surface area contributed by atoms with Gasteiger partial charge in [0.2, 0.25) is 0 Å². The summed E-state index contributed by atoms with van der Waals surface area (Å²) in [5.41, 5.74) is 0. The summed E-state index contributed by atoms with van der Waals surface area (Å²) in [6.07, 6.45) is 55.9. The second-order valence-electron chi connectivity index (χ2n) is 19.4. The van der Waals surface area contributed by atoms with Crippen molar-refractivity contribution in [2.45, 2.75) is 288 Å². The molecule has 0 aliphatic carbocycles. The third-order valence-corrected chi connectivity index (χ3v) is 13.0. The van der Waals surface area contributed by atoms with Crippen LogP contribution in [-0.4, -0.2) is 89.6 Å². The van der Waals surface area contributed by atoms with Gasteiger partial charge >= 0.3 is 5.97 Å². The van der Waals surface area contributed by atoms with Gasteiger partial charge in [-0.05, 0) is 51.4 Å². The van der Waals surface area contributed by atoms with Gasteiger partial charge in [0.15, 0.2) is 6.29 Å². The number of carbonyl (C=O) groups excluding carboxylic acids is 1. The summed E-state index contributed by atoms with van der Waals surface area (Å²) >= 11 is 0. The first kappa shape index (κ1) is 63.2. The molecule has 0 spiro atoms. The van der Waals surface area contributed by atoms with Crippen LogP contribution in [-0.2, 0) is 23.7 Å². The van der Waals surface area contributed by atoms with Gasteiger partial charge in [0.1, 0.15) is 30.5 Å². The normalized spacial score (nSPS) is 19.5. The molecule has 0 aromatic carbocycles. The van der Waals surface area contributed by atoms with Crippen LogP contribution in [0.25, 0.3) is 0 Å². The lowest BCUT2D eigenvalue weighted by atomic mass is 9.99. The zero-order chi connectivity index (χ0) is 48.5. The van der Waals surface area contributed by atoms with Crippen LogP contribution in [0, 0.1) is 0 Å². The Hall–Kier alpha value is -1.85. The molecular weight excluding hydrogens is 841 g/mol. The minimum atomic E-state index is -1.54. The molecule has 0 aromatic rings. The summed E-state index contributed by atoms with van der Waals surface area (Å²) in [6.45, 7) is 4.46. The van der Waals surface area contributed by atoms with E-state index in [1.165, 1.54) is 161 Å². The van der Waals surface area contributed by atoms with Gasteiger partial charge in [-0.15, -0.1) is 0 Å². The van der Waals surface area contributed by atoms with Gasteiger partial charge in [0.25, 0.3) is 0 Å². The molecule has 0 bridgehead atoms. The van der Waals surface area contributed by atoms with Crippen LogP contribution < -0.4 is 0 Å². The van der Waals surface area contributed by atoms with Gasteiger partial charge in [-0.1, -0.05) is 242 Å². The molecule has 1 aliphatic heterocycles. The number of aliphatic hydroxyl groups excluding tert-OH is 4. The molecule has 0 amide bonds. The van der Waals surface area contributed by atoms with Gasteiger partial charge in [0.05, 0.1) is 19.8 Å². The van der Waals surface area contributed by atoms with Crippen molar-refractivity contribution in [1.82, 2.24) is 0 Å². The Morgan fingerprint density at radius 3 is 1.37 bits per heavy atom. The average Bonchev–Trinajstić information content (AvgIpc) is 3.33. The van der Waals surface area contributed by atoms with Gasteiger partial charge in [-0.25, -0.2) is 0 Å². The molecule has 6 atom stereocenters. The van der Waals surface area contributed by atoms with Crippen LogP contribution in [0.2, 0.25) is 0 Å². The number of carbonyl (C=O) groups is 1. The molecule has 1 rings (SSSR count). The van der Waals surface area contributed by atoms with Crippen LogP contribution >= 0.6 is 0 Å². The average molecular weight is 947 g/mol. The fourth-order valence-corrected chi connectivity index (χ4v) is 8.66. The molecule has 9 nitrogen and oxygen atoms in total. The number of ether oxygens (including phenoxy) is 4. The second kappa shape index (κ2) is 49.1. The SMILES string of the molecule is CC/C=C\C/C=C\C/C=C\C/C=C\CCCCCCCCCOCC(COC1OC(CO)C(O)C(O)C1O)OC(=O)CCCCCCCCCCCCCCCCCCCCCCCCCC. The van der Waals surface area contributed by atoms with Gasteiger partial charge in [-0.2, -0.15) is 0 Å². The topological polar surface area (TPSA) is 135 Å². The Kier molecular flexibility index (Phi) is 46.3. The Bertz CT molecular complexity index is 1170. The van der Waals surface area contributed by atoms with Crippen LogP contribution in [0.3, 0.4) is 0 Å². The molecule has 392 valence electrons. The lowest BCUT2D eigenvalue weighted by Crippen LogP contribution is -2.59. The third kappa shape index (κ3) is 39.6. The first-order valence-corrected chi connectivity index (χ1v) is 28.2. The number of allylic oxidation sites excluding steroid dienone is 8. The molecular formula is C58H106O9. The largest absolute Gasteiger partial charge is 0.457 e. The Balaban J connectivity index is 2.16. The highest BCUT2D eigenvalue weighted by Crippen LogP contribution is 2.23. The van der Waals surface area contributed by atoms with E-state index in [9.17, 15) is 25.2 Å². The van der Waals surface area contributed by atoms with E-state index in [2.05, 4.69) is 62.5 Å². The predicted molar refractivity (Wildman–Crippen MR) is 279 cm³/mol. The van der Waals surface area contributed by atoms with Crippen molar-refractivity contribution in [3.8, 4) is 0 Å². The zero-order valence-electron chi connectivity index (χ0n) is 43.4. The highest BCUT2D eigenvalue weighted by Gasteiger charge is 2.44. The van der Waals surface area contributed by atoms with Crippen molar-refractivity contribution >= 4 is 5.97 Å². The standard InChI is InChI=1S/C58H106O9/c1-3-5-7-9-11-13-15-17-19-21-23-25-26-27-28-29-31-33-35-37-39-41-43-45-47-54(60)66-52(51-65-58-57(63)56(62)55(61)53(49-59)67-58)50-64-48-46-44-42-40-38-36-34-32-30-24-22-20-18-16-14-12-10-8-6-4-2/h6,8,12,14,18,20,24,30,52-53,55-59,61-63H,3-5,7,9-11,13,15-17,19,21-23,25-29,31-51H2,1-2H3/b8-6-,14-12-,20-18-,30-24-. The molecule has 1 heterocycles. The summed E-state index contributed by atoms with van der Waals surface area (Å²) in [5, 5.41) is 40.3. The number of hydrogen-bond acceptors (Lipinski definition) is 9. The summed E-state index contributed by atoms with van der Waals surface area (Å²) in [7, 11) is 0. The summed E-state index contributed by atoms with van der Waals surface area (Å²) in [5.74, 6) is -0.313. The number of unbranched alkanes of at least 4 members (excludes halogenated alkanes) is 30. The maximum Gasteiger partial charge on any atom is 0.306 e. The van der Waals surface area contributed by atoms with Gasteiger partial charge < -0.3 is 39.4 Å². The molecule has 4 N–H and O–H groups in total. The van der Waals surface area contributed by atoms with Crippen LogP contribution in [0.4, 0.5) is 0 Å². The summed E-state index contributed by atoms with van der Waals surface area (Å²) < 4.78 is 22.9. The molecule has 0 radical (unpaired) electrons. The maximum atomic E-state index is 12.9. The second-order valence-corrected chi connectivity index (χ2v) is 19.4. The van der Waals surface area contributed by atoms with E-state index in [-0.39, 0.29) is 19.2 Å². The minimum Gasteiger partial charge on any atom is -0.457 e. The lowest BCUT2D eigenvalue weighted by Gasteiger charge is -2.39. The molecule has 67 heavy (non-hydrogen) atoms. The number of rotatable bonds is 49. The molecule has 6 unspecified atom stereocenters. The quantitative estimate of drug-likeness (QED) is 0.0267. The van der Waals surface area contributed by atoms with E-state index in [1.54, 1.807) is 0 Å². The van der Waals surface area contributed by atoms with Crippen molar-refractivity contribution in [1.29, 1.82) is 0 Å². The lowest BCUT2D eigenvalue weighted by molar-refractivity contribution is -0.305. The fourth-order valence-electron chi connectivity index (χ4n) is 8.66. The van der Waals surface area contributed by atoms with Gasteiger partial charge in [0, 0.05) is 13.0 Å². The number of esters is 1. The van der Waals surface area contributed by atoms with Gasteiger partial charge in [-0.3, -0.25) is 4.79 Å². The number of hydrogen-bond donors (Lipinski definition) is 4. The summed E-state index contributed by atoms with van der Waals surface area (Å²) in [6, 6.07) is 0. The van der Waals surface area contributed by atoms with Crippen molar-refractivity contribution in [2.24, 2.45) is 0 Å².